The fourth-order valence-electron chi connectivity index (χ4n) is 2.54. The number of nitrogens with zero attached hydrogens (tertiary/aromatic N) is 1. The first-order valence-electron chi connectivity index (χ1n) is 8.34. The van der Waals surface area contributed by atoms with Crippen LogP contribution < -0.4 is 14.8 Å². The van der Waals surface area contributed by atoms with Crippen LogP contribution in [0.15, 0.2) is 66.9 Å². The van der Waals surface area contributed by atoms with Crippen LogP contribution in [0.25, 0.3) is 11.3 Å². The Balaban J connectivity index is 1.68. The molecular weight excluding hydrogens is 312 g/mol. The van der Waals surface area contributed by atoms with Gasteiger partial charge < -0.3 is 14.8 Å². The predicted molar refractivity (Wildman–Crippen MR) is 101 cm³/mol. The van der Waals surface area contributed by atoms with Crippen molar-refractivity contribution in [3.63, 3.8) is 0 Å². The van der Waals surface area contributed by atoms with E-state index < -0.39 is 0 Å². The molecule has 128 valence electrons. The second kappa shape index (κ2) is 8.20. The zero-order chi connectivity index (χ0) is 17.5. The van der Waals surface area contributed by atoms with Gasteiger partial charge in [0, 0.05) is 24.0 Å². The quantitative estimate of drug-likeness (QED) is 0.676. The van der Waals surface area contributed by atoms with Crippen molar-refractivity contribution >= 4 is 5.69 Å². The number of hydrogen-bond donors (Lipinski definition) is 1. The topological polar surface area (TPSA) is 43.4 Å². The van der Waals surface area contributed by atoms with Crippen LogP contribution in [0.2, 0.25) is 0 Å². The third kappa shape index (κ3) is 4.51. The minimum atomic E-state index is 0.671. The largest absolute Gasteiger partial charge is 0.497 e. The van der Waals surface area contributed by atoms with Crippen molar-refractivity contribution in [2.24, 2.45) is 0 Å². The van der Waals surface area contributed by atoms with Gasteiger partial charge in [0.15, 0.2) is 0 Å². The summed E-state index contributed by atoms with van der Waals surface area (Å²) in [4.78, 5) is 4.48. The fourth-order valence-corrected chi connectivity index (χ4v) is 2.54. The van der Waals surface area contributed by atoms with Gasteiger partial charge in [0.2, 0.25) is 0 Å². The normalized spacial score (nSPS) is 10.3. The smallest absolute Gasteiger partial charge is 0.119 e. The van der Waals surface area contributed by atoms with Crippen molar-refractivity contribution in [2.75, 3.05) is 19.0 Å². The monoisotopic (exact) mass is 334 g/mol. The van der Waals surface area contributed by atoms with Crippen molar-refractivity contribution in [1.29, 1.82) is 0 Å². The number of hydrogen-bond acceptors (Lipinski definition) is 4. The van der Waals surface area contributed by atoms with Crippen LogP contribution in [0.5, 0.6) is 11.5 Å². The number of pyridine rings is 1. The molecule has 0 aliphatic carbocycles. The van der Waals surface area contributed by atoms with E-state index in [1.807, 2.05) is 67.7 Å². The summed E-state index contributed by atoms with van der Waals surface area (Å²) in [6.07, 6.45) is 1.84. The Morgan fingerprint density at radius 2 is 1.64 bits per heavy atom. The maximum absolute atomic E-state index is 5.49. The van der Waals surface area contributed by atoms with Crippen LogP contribution in [0.1, 0.15) is 12.5 Å². The van der Waals surface area contributed by atoms with E-state index in [2.05, 4.69) is 16.4 Å². The molecule has 0 aliphatic heterocycles. The zero-order valence-electron chi connectivity index (χ0n) is 14.5. The molecule has 3 rings (SSSR count). The highest BCUT2D eigenvalue weighted by atomic mass is 16.5. The average molecular weight is 334 g/mol. The maximum atomic E-state index is 5.49. The highest BCUT2D eigenvalue weighted by molar-refractivity contribution is 5.61. The standard InChI is InChI=1S/C21H22N2O2/c1-3-25-20-8-4-17(5-9-20)21-14-16(12-13-22-21)15-23-18-6-10-19(24-2)11-7-18/h4-14,23H,3,15H2,1-2H3. The molecule has 4 nitrogen and oxygen atoms in total. The predicted octanol–water partition coefficient (Wildman–Crippen LogP) is 4.77. The Hall–Kier alpha value is -3.01. The van der Waals surface area contributed by atoms with Gasteiger partial charge in [-0.15, -0.1) is 0 Å². The number of nitrogens with one attached hydrogen (secondary N) is 1. The van der Waals surface area contributed by atoms with Gasteiger partial charge in [0.05, 0.1) is 19.4 Å². The van der Waals surface area contributed by atoms with Crippen molar-refractivity contribution < 1.29 is 9.47 Å². The molecule has 0 saturated heterocycles. The second-order valence-corrected chi connectivity index (χ2v) is 5.59. The highest BCUT2D eigenvalue weighted by Gasteiger charge is 2.02. The average Bonchev–Trinajstić information content (AvgIpc) is 2.68. The molecule has 25 heavy (non-hydrogen) atoms. The van der Waals surface area contributed by atoms with E-state index in [1.54, 1.807) is 7.11 Å². The van der Waals surface area contributed by atoms with E-state index in [1.165, 1.54) is 5.56 Å². The molecule has 4 heteroatoms. The van der Waals surface area contributed by atoms with Crippen LogP contribution in [0.3, 0.4) is 0 Å². The third-order valence-corrected chi connectivity index (χ3v) is 3.87. The number of anilines is 1. The van der Waals surface area contributed by atoms with Gasteiger partial charge in [-0.05, 0) is 73.2 Å². The van der Waals surface area contributed by atoms with Gasteiger partial charge >= 0.3 is 0 Å². The molecule has 1 N–H and O–H groups in total. The molecule has 0 radical (unpaired) electrons. The molecule has 0 unspecified atom stereocenters. The summed E-state index contributed by atoms with van der Waals surface area (Å²) in [6.45, 7) is 3.39. The molecule has 0 amide bonds. The lowest BCUT2D eigenvalue weighted by Crippen LogP contribution is -2.00. The SMILES string of the molecule is CCOc1ccc(-c2cc(CNc3ccc(OC)cc3)ccn2)cc1. The van der Waals surface area contributed by atoms with Gasteiger partial charge in [-0.25, -0.2) is 0 Å². The lowest BCUT2D eigenvalue weighted by Gasteiger charge is -2.09. The van der Waals surface area contributed by atoms with E-state index in [9.17, 15) is 0 Å². The molecule has 3 aromatic rings. The van der Waals surface area contributed by atoms with Gasteiger partial charge in [0.1, 0.15) is 11.5 Å². The number of rotatable bonds is 7. The first-order chi connectivity index (χ1) is 12.3. The molecule has 0 fully saturated rings. The van der Waals surface area contributed by atoms with Crippen LogP contribution in [0, 0.1) is 0 Å². The molecule has 0 atom stereocenters. The summed E-state index contributed by atoms with van der Waals surface area (Å²) in [5, 5.41) is 3.41. The highest BCUT2D eigenvalue weighted by Crippen LogP contribution is 2.22. The fraction of sp³-hybridized carbons (Fsp3) is 0.190. The second-order valence-electron chi connectivity index (χ2n) is 5.59. The van der Waals surface area contributed by atoms with Gasteiger partial charge in [-0.1, -0.05) is 0 Å². The Morgan fingerprint density at radius 3 is 2.32 bits per heavy atom. The van der Waals surface area contributed by atoms with Crippen molar-refractivity contribution in [3.8, 4) is 22.8 Å². The van der Waals surface area contributed by atoms with Gasteiger partial charge in [-0.3, -0.25) is 4.98 Å². The number of ether oxygens (including phenoxy) is 2. The van der Waals surface area contributed by atoms with E-state index in [4.69, 9.17) is 9.47 Å². The maximum Gasteiger partial charge on any atom is 0.119 e. The Morgan fingerprint density at radius 1 is 0.920 bits per heavy atom. The van der Waals surface area contributed by atoms with E-state index in [-0.39, 0.29) is 0 Å². The summed E-state index contributed by atoms with van der Waals surface area (Å²) in [7, 11) is 1.67. The lowest BCUT2D eigenvalue weighted by molar-refractivity contribution is 0.340. The molecule has 1 aromatic heterocycles. The van der Waals surface area contributed by atoms with E-state index >= 15 is 0 Å². The third-order valence-electron chi connectivity index (χ3n) is 3.87. The van der Waals surface area contributed by atoms with Gasteiger partial charge in [-0.2, -0.15) is 0 Å². The number of aromatic nitrogens is 1. The molecule has 1 heterocycles. The summed E-state index contributed by atoms with van der Waals surface area (Å²) < 4.78 is 10.7. The summed E-state index contributed by atoms with van der Waals surface area (Å²) in [6, 6.07) is 20.1. The molecule has 0 aliphatic rings. The van der Waals surface area contributed by atoms with E-state index in [0.29, 0.717) is 6.61 Å². The molecule has 0 saturated carbocycles. The Kier molecular flexibility index (Phi) is 5.52. The van der Waals surface area contributed by atoms with Crippen LogP contribution >= 0.6 is 0 Å². The van der Waals surface area contributed by atoms with Crippen LogP contribution in [0.4, 0.5) is 5.69 Å². The summed E-state index contributed by atoms with van der Waals surface area (Å²) in [5.41, 5.74) is 4.27. The van der Waals surface area contributed by atoms with Crippen LogP contribution in [-0.4, -0.2) is 18.7 Å². The zero-order valence-corrected chi connectivity index (χ0v) is 14.5. The minimum absolute atomic E-state index is 0.671. The van der Waals surface area contributed by atoms with Crippen molar-refractivity contribution in [1.82, 2.24) is 4.98 Å². The molecule has 0 bridgehead atoms. The van der Waals surface area contributed by atoms with Crippen molar-refractivity contribution in [3.05, 3.63) is 72.4 Å². The lowest BCUT2D eigenvalue weighted by atomic mass is 10.1. The summed E-state index contributed by atoms with van der Waals surface area (Å²) >= 11 is 0. The Labute approximate surface area is 148 Å². The first kappa shape index (κ1) is 16.8. The Bertz CT molecular complexity index is 799. The molecular formula is C21H22N2O2. The minimum Gasteiger partial charge on any atom is -0.497 e. The first-order valence-corrected chi connectivity index (χ1v) is 8.34. The number of benzene rings is 2. The van der Waals surface area contributed by atoms with Gasteiger partial charge in [0.25, 0.3) is 0 Å². The molecule has 0 spiro atoms. The number of methoxy groups -OCH3 is 1. The molecule has 2 aromatic carbocycles. The van der Waals surface area contributed by atoms with Crippen LogP contribution in [-0.2, 0) is 6.54 Å². The summed E-state index contributed by atoms with van der Waals surface area (Å²) in [5.74, 6) is 1.73. The van der Waals surface area contributed by atoms with E-state index in [0.717, 1.165) is 35.0 Å². The van der Waals surface area contributed by atoms with Crippen molar-refractivity contribution in [2.45, 2.75) is 13.5 Å².